The number of carbonyl (C=O) groups excluding carboxylic acids is 1. The number of rotatable bonds is 2. The van der Waals surface area contributed by atoms with Gasteiger partial charge in [-0.3, -0.25) is 0 Å². The highest BCUT2D eigenvalue weighted by molar-refractivity contribution is 5.93. The van der Waals surface area contributed by atoms with E-state index in [1.807, 2.05) is 13.0 Å². The Bertz CT molecular complexity index is 663. The minimum atomic E-state index is -0.350. The standard InChI is InChI=1S/C15H17N3O2/c1-10-14(18-7-3-4-8-18)17-13-9-11(15(19)20-2)5-6-12(13)16-10/h5-6,9H,3-4,7-8H2,1-2H3. The van der Waals surface area contributed by atoms with Gasteiger partial charge < -0.3 is 9.64 Å². The monoisotopic (exact) mass is 271 g/mol. The van der Waals surface area contributed by atoms with Gasteiger partial charge in [0.1, 0.15) is 0 Å². The average Bonchev–Trinajstić information content (AvgIpc) is 2.99. The molecule has 5 nitrogen and oxygen atoms in total. The van der Waals surface area contributed by atoms with Gasteiger partial charge in [-0.2, -0.15) is 0 Å². The lowest BCUT2D eigenvalue weighted by Gasteiger charge is -2.18. The molecular weight excluding hydrogens is 254 g/mol. The molecule has 0 N–H and O–H groups in total. The van der Waals surface area contributed by atoms with Crippen LogP contribution in [0.4, 0.5) is 5.82 Å². The van der Waals surface area contributed by atoms with Crippen molar-refractivity contribution in [3.63, 3.8) is 0 Å². The van der Waals surface area contributed by atoms with Gasteiger partial charge in [0, 0.05) is 13.1 Å². The molecule has 0 unspecified atom stereocenters. The van der Waals surface area contributed by atoms with E-state index >= 15 is 0 Å². The number of hydrogen-bond acceptors (Lipinski definition) is 5. The summed E-state index contributed by atoms with van der Waals surface area (Å²) in [5.74, 6) is 0.578. The van der Waals surface area contributed by atoms with Crippen LogP contribution >= 0.6 is 0 Å². The molecule has 0 aliphatic carbocycles. The summed E-state index contributed by atoms with van der Waals surface area (Å²) in [5.41, 5.74) is 2.98. The summed E-state index contributed by atoms with van der Waals surface area (Å²) < 4.78 is 4.74. The predicted octanol–water partition coefficient (Wildman–Crippen LogP) is 2.33. The van der Waals surface area contributed by atoms with Crippen molar-refractivity contribution in [1.82, 2.24) is 9.97 Å². The Labute approximate surface area is 117 Å². The zero-order valence-electron chi connectivity index (χ0n) is 11.7. The fourth-order valence-electron chi connectivity index (χ4n) is 2.61. The number of aromatic nitrogens is 2. The summed E-state index contributed by atoms with van der Waals surface area (Å²) >= 11 is 0. The molecule has 0 amide bonds. The van der Waals surface area contributed by atoms with Crippen LogP contribution in [0, 0.1) is 6.92 Å². The smallest absolute Gasteiger partial charge is 0.337 e. The second kappa shape index (κ2) is 5.07. The third-order valence-corrected chi connectivity index (χ3v) is 3.64. The van der Waals surface area contributed by atoms with E-state index < -0.39 is 0 Å². The van der Waals surface area contributed by atoms with Crippen molar-refractivity contribution in [2.75, 3.05) is 25.1 Å². The Balaban J connectivity index is 2.08. The van der Waals surface area contributed by atoms with Crippen molar-refractivity contribution in [1.29, 1.82) is 0 Å². The van der Waals surface area contributed by atoms with Crippen LogP contribution in [0.5, 0.6) is 0 Å². The molecule has 0 radical (unpaired) electrons. The first-order chi connectivity index (χ1) is 9.69. The Hall–Kier alpha value is -2.17. The molecular formula is C15H17N3O2. The highest BCUT2D eigenvalue weighted by atomic mass is 16.5. The van der Waals surface area contributed by atoms with Gasteiger partial charge in [0.15, 0.2) is 5.82 Å². The van der Waals surface area contributed by atoms with E-state index in [4.69, 9.17) is 4.74 Å². The van der Waals surface area contributed by atoms with Crippen LogP contribution in [0.15, 0.2) is 18.2 Å². The highest BCUT2D eigenvalue weighted by Gasteiger charge is 2.17. The van der Waals surface area contributed by atoms with Crippen molar-refractivity contribution < 1.29 is 9.53 Å². The maximum absolute atomic E-state index is 11.6. The summed E-state index contributed by atoms with van der Waals surface area (Å²) in [5, 5.41) is 0. The normalized spacial score (nSPS) is 14.8. The van der Waals surface area contributed by atoms with Crippen molar-refractivity contribution >= 4 is 22.8 Å². The van der Waals surface area contributed by atoms with Gasteiger partial charge in [-0.05, 0) is 38.0 Å². The molecule has 1 aliphatic heterocycles. The van der Waals surface area contributed by atoms with Crippen molar-refractivity contribution in [2.45, 2.75) is 19.8 Å². The number of hydrogen-bond donors (Lipinski definition) is 0. The second-order valence-corrected chi connectivity index (χ2v) is 5.02. The number of anilines is 1. The third kappa shape index (κ3) is 2.19. The molecule has 20 heavy (non-hydrogen) atoms. The average molecular weight is 271 g/mol. The van der Waals surface area contributed by atoms with Crippen molar-refractivity contribution in [3.05, 3.63) is 29.5 Å². The molecule has 104 valence electrons. The summed E-state index contributed by atoms with van der Waals surface area (Å²) in [6.45, 7) is 4.03. The van der Waals surface area contributed by atoms with E-state index in [0.29, 0.717) is 5.56 Å². The van der Waals surface area contributed by atoms with Crippen LogP contribution in [0.2, 0.25) is 0 Å². The number of ether oxygens (including phenoxy) is 1. The topological polar surface area (TPSA) is 55.3 Å². The predicted molar refractivity (Wildman–Crippen MR) is 77.1 cm³/mol. The number of aryl methyl sites for hydroxylation is 1. The lowest BCUT2D eigenvalue weighted by Crippen LogP contribution is -2.20. The number of esters is 1. The molecule has 1 fully saturated rings. The molecule has 0 saturated carbocycles. The number of benzene rings is 1. The fraction of sp³-hybridized carbons (Fsp3) is 0.400. The van der Waals surface area contributed by atoms with Crippen LogP contribution < -0.4 is 4.90 Å². The van der Waals surface area contributed by atoms with E-state index in [0.717, 1.165) is 35.6 Å². The second-order valence-electron chi connectivity index (χ2n) is 5.02. The number of fused-ring (bicyclic) bond motifs is 1. The SMILES string of the molecule is COC(=O)c1ccc2nc(C)c(N3CCCC3)nc2c1. The lowest BCUT2D eigenvalue weighted by molar-refractivity contribution is 0.0601. The molecule has 5 heteroatoms. The van der Waals surface area contributed by atoms with Gasteiger partial charge in [0.2, 0.25) is 0 Å². The Morgan fingerprint density at radius 3 is 2.65 bits per heavy atom. The van der Waals surface area contributed by atoms with E-state index in [-0.39, 0.29) is 5.97 Å². The van der Waals surface area contributed by atoms with Crippen LogP contribution in [0.1, 0.15) is 28.9 Å². The van der Waals surface area contributed by atoms with Gasteiger partial charge in [-0.25, -0.2) is 14.8 Å². The minimum Gasteiger partial charge on any atom is -0.465 e. The Kier molecular flexibility index (Phi) is 3.26. The van der Waals surface area contributed by atoms with Gasteiger partial charge in [-0.15, -0.1) is 0 Å². The molecule has 0 bridgehead atoms. The van der Waals surface area contributed by atoms with Crippen LogP contribution in [-0.2, 0) is 4.74 Å². The lowest BCUT2D eigenvalue weighted by atomic mass is 10.2. The first-order valence-electron chi connectivity index (χ1n) is 6.81. The largest absolute Gasteiger partial charge is 0.465 e. The Morgan fingerprint density at radius 1 is 1.20 bits per heavy atom. The van der Waals surface area contributed by atoms with Crippen molar-refractivity contribution in [3.8, 4) is 0 Å². The number of methoxy groups -OCH3 is 1. The first kappa shape index (κ1) is 12.8. The minimum absolute atomic E-state index is 0.350. The van der Waals surface area contributed by atoms with Gasteiger partial charge >= 0.3 is 5.97 Å². The molecule has 1 saturated heterocycles. The van der Waals surface area contributed by atoms with E-state index in [2.05, 4.69) is 14.9 Å². The van der Waals surface area contributed by atoms with Crippen LogP contribution in [-0.4, -0.2) is 36.1 Å². The van der Waals surface area contributed by atoms with Gasteiger partial charge in [0.25, 0.3) is 0 Å². The summed E-state index contributed by atoms with van der Waals surface area (Å²) in [4.78, 5) is 23.1. The molecule has 0 spiro atoms. The maximum Gasteiger partial charge on any atom is 0.337 e. The molecule has 2 heterocycles. The highest BCUT2D eigenvalue weighted by Crippen LogP contribution is 2.24. The molecule has 1 aliphatic rings. The van der Waals surface area contributed by atoms with E-state index in [9.17, 15) is 4.79 Å². The Morgan fingerprint density at radius 2 is 1.95 bits per heavy atom. The first-order valence-corrected chi connectivity index (χ1v) is 6.81. The zero-order chi connectivity index (χ0) is 14.1. The molecule has 1 aromatic carbocycles. The third-order valence-electron chi connectivity index (χ3n) is 3.64. The number of carbonyl (C=O) groups is 1. The quantitative estimate of drug-likeness (QED) is 0.785. The van der Waals surface area contributed by atoms with Gasteiger partial charge in [-0.1, -0.05) is 0 Å². The molecule has 2 aromatic rings. The molecule has 3 rings (SSSR count). The zero-order valence-corrected chi connectivity index (χ0v) is 11.7. The van der Waals surface area contributed by atoms with E-state index in [1.54, 1.807) is 12.1 Å². The maximum atomic E-state index is 11.6. The van der Waals surface area contributed by atoms with Crippen LogP contribution in [0.25, 0.3) is 11.0 Å². The number of nitrogens with zero attached hydrogens (tertiary/aromatic N) is 3. The molecule has 0 atom stereocenters. The van der Waals surface area contributed by atoms with E-state index in [1.165, 1.54) is 20.0 Å². The van der Waals surface area contributed by atoms with Gasteiger partial charge in [0.05, 0.1) is 29.4 Å². The fourth-order valence-corrected chi connectivity index (χ4v) is 2.61. The summed E-state index contributed by atoms with van der Waals surface area (Å²) in [6, 6.07) is 5.28. The van der Waals surface area contributed by atoms with Crippen LogP contribution in [0.3, 0.4) is 0 Å². The van der Waals surface area contributed by atoms with Crippen molar-refractivity contribution in [2.24, 2.45) is 0 Å². The summed E-state index contributed by atoms with van der Waals surface area (Å²) in [7, 11) is 1.38. The summed E-state index contributed by atoms with van der Waals surface area (Å²) in [6.07, 6.45) is 2.39. The molecule has 1 aromatic heterocycles.